The lowest BCUT2D eigenvalue weighted by molar-refractivity contribution is -0.739. The van der Waals surface area contributed by atoms with Crippen LogP contribution in [0.25, 0.3) is 11.1 Å². The molecule has 2 aromatic carbocycles. The van der Waals surface area contributed by atoms with Crippen LogP contribution in [0.1, 0.15) is 16.1 Å². The van der Waals surface area contributed by atoms with Crippen LogP contribution in [0.4, 0.5) is 0 Å². The minimum absolute atomic E-state index is 0.0101. The first kappa shape index (κ1) is 16.8. The molecule has 0 atom stereocenters. The topological polar surface area (TPSA) is 63.9 Å². The van der Waals surface area contributed by atoms with Crippen LogP contribution in [0, 0.1) is 0 Å². The van der Waals surface area contributed by atoms with E-state index in [1.54, 1.807) is 28.3 Å². The number of carbonyl (C=O) groups is 1. The summed E-state index contributed by atoms with van der Waals surface area (Å²) in [4.78, 5) is 12.5. The normalized spacial score (nSPS) is 10.7. The van der Waals surface area contributed by atoms with E-state index < -0.39 is 0 Å². The van der Waals surface area contributed by atoms with E-state index in [2.05, 4.69) is 22.7 Å². The fourth-order valence-corrected chi connectivity index (χ4v) is 2.79. The monoisotopic (exact) mass is 359 g/mol. The highest BCUT2D eigenvalue weighted by molar-refractivity contribution is 5.95. The van der Waals surface area contributed by atoms with E-state index in [0.717, 1.165) is 16.9 Å². The molecule has 2 aromatic heterocycles. The molecule has 1 N–H and O–H groups in total. The zero-order chi connectivity index (χ0) is 18.5. The Balaban J connectivity index is 1.37. The van der Waals surface area contributed by atoms with Crippen molar-refractivity contribution in [2.24, 2.45) is 0 Å². The van der Waals surface area contributed by atoms with Gasteiger partial charge in [0, 0.05) is 5.56 Å². The van der Waals surface area contributed by atoms with Gasteiger partial charge in [0.25, 0.3) is 6.33 Å². The first-order valence-electron chi connectivity index (χ1n) is 8.66. The van der Waals surface area contributed by atoms with Crippen LogP contribution in [0.15, 0.2) is 90.1 Å². The molecule has 0 radical (unpaired) electrons. The van der Waals surface area contributed by atoms with Gasteiger partial charge >= 0.3 is 0 Å². The second-order valence-corrected chi connectivity index (χ2v) is 6.13. The zero-order valence-corrected chi connectivity index (χ0v) is 14.7. The molecule has 6 nitrogen and oxygen atoms in total. The zero-order valence-electron chi connectivity index (χ0n) is 14.7. The number of nitrogens with one attached hydrogen (secondary N) is 1. The largest absolute Gasteiger partial charge is 0.467 e. The number of ketones is 1. The van der Waals surface area contributed by atoms with E-state index in [-0.39, 0.29) is 12.3 Å². The van der Waals surface area contributed by atoms with Gasteiger partial charge in [0.15, 0.2) is 6.54 Å². The summed E-state index contributed by atoms with van der Waals surface area (Å²) in [7, 11) is 0. The van der Waals surface area contributed by atoms with Crippen molar-refractivity contribution in [1.29, 1.82) is 0 Å². The lowest BCUT2D eigenvalue weighted by Gasteiger charge is -2.03. The molecular formula is C21H19N4O2+. The predicted octanol–water partition coefficient (Wildman–Crippen LogP) is 3.06. The number of furan rings is 1. The van der Waals surface area contributed by atoms with Crippen LogP contribution in [0.2, 0.25) is 0 Å². The van der Waals surface area contributed by atoms with Gasteiger partial charge in [-0.2, -0.15) is 0 Å². The third kappa shape index (κ3) is 4.12. The highest BCUT2D eigenvalue weighted by Crippen LogP contribution is 2.19. The average Bonchev–Trinajstić information content (AvgIpc) is 3.39. The molecule has 134 valence electrons. The summed E-state index contributed by atoms with van der Waals surface area (Å²) in [6, 6.07) is 21.5. The van der Waals surface area contributed by atoms with Gasteiger partial charge in [-0.1, -0.05) is 54.6 Å². The molecule has 0 aliphatic carbocycles. The molecule has 2 heterocycles. The molecule has 0 spiro atoms. The number of aromatic nitrogens is 3. The van der Waals surface area contributed by atoms with Crippen molar-refractivity contribution in [1.82, 2.24) is 9.77 Å². The second kappa shape index (κ2) is 7.70. The standard InChI is InChI=1S/C21H19N4O2/c26-21(19-10-8-18(9-11-19)17-5-2-1-3-6-17)14-24-16-25(15-23-24)22-13-20-7-4-12-27-20/h1-12,15-16,22H,13-14H2/q+1. The molecule has 0 unspecified atom stereocenters. The molecule has 0 bridgehead atoms. The van der Waals surface area contributed by atoms with Gasteiger partial charge in [-0.05, 0) is 28.4 Å². The molecule has 0 fully saturated rings. The van der Waals surface area contributed by atoms with Crippen LogP contribution < -0.4 is 10.1 Å². The summed E-state index contributed by atoms with van der Waals surface area (Å²) < 4.78 is 8.57. The Kier molecular flexibility index (Phi) is 4.78. The maximum Gasteiger partial charge on any atom is 0.289 e. The van der Waals surface area contributed by atoms with Crippen molar-refractivity contribution in [3.8, 4) is 11.1 Å². The maximum absolute atomic E-state index is 12.5. The minimum atomic E-state index is 0.0101. The van der Waals surface area contributed by atoms with E-state index in [9.17, 15) is 4.79 Å². The number of rotatable bonds is 7. The van der Waals surface area contributed by atoms with Crippen LogP contribution in [-0.4, -0.2) is 15.6 Å². The molecular weight excluding hydrogens is 340 g/mol. The molecule has 4 rings (SSSR count). The molecule has 0 aliphatic heterocycles. The van der Waals surface area contributed by atoms with Crippen LogP contribution >= 0.6 is 0 Å². The fourth-order valence-electron chi connectivity index (χ4n) is 2.79. The Morgan fingerprint density at radius 1 is 1.00 bits per heavy atom. The smallest absolute Gasteiger partial charge is 0.289 e. The number of carbonyl (C=O) groups excluding carboxylic acids is 1. The fraction of sp³-hybridized carbons (Fsp3) is 0.0952. The Hall–Kier alpha value is -3.67. The number of Topliss-reactive ketones (excluding diaryl/α,β-unsaturated/α-hetero) is 1. The molecule has 4 aromatic rings. The Morgan fingerprint density at radius 3 is 2.52 bits per heavy atom. The Bertz CT molecular complexity index is 1010. The van der Waals surface area contributed by atoms with Gasteiger partial charge in [0.2, 0.25) is 12.1 Å². The highest BCUT2D eigenvalue weighted by Gasteiger charge is 2.13. The number of benzene rings is 2. The summed E-state index contributed by atoms with van der Waals surface area (Å²) in [5.41, 5.74) is 6.02. The third-order valence-corrected chi connectivity index (χ3v) is 4.22. The van der Waals surface area contributed by atoms with Crippen molar-refractivity contribution < 1.29 is 13.9 Å². The van der Waals surface area contributed by atoms with Crippen molar-refractivity contribution >= 4 is 5.78 Å². The summed E-state index contributed by atoms with van der Waals surface area (Å²) in [6.07, 6.45) is 4.99. The van der Waals surface area contributed by atoms with E-state index in [4.69, 9.17) is 4.42 Å². The first-order valence-corrected chi connectivity index (χ1v) is 8.66. The first-order chi connectivity index (χ1) is 13.3. The maximum atomic E-state index is 12.5. The summed E-state index contributed by atoms with van der Waals surface area (Å²) in [6.45, 7) is 0.721. The quantitative estimate of drug-likeness (QED) is 0.407. The van der Waals surface area contributed by atoms with Gasteiger partial charge in [0.05, 0.1) is 6.26 Å². The SMILES string of the molecule is O=C(C[n+]1cn(NCc2ccco2)cn1)c1ccc(-c2ccccc2)cc1. The molecule has 0 aliphatic rings. The summed E-state index contributed by atoms with van der Waals surface area (Å²) >= 11 is 0. The van der Waals surface area contributed by atoms with Crippen LogP contribution in [0.5, 0.6) is 0 Å². The highest BCUT2D eigenvalue weighted by atomic mass is 16.3. The van der Waals surface area contributed by atoms with E-state index in [0.29, 0.717) is 12.1 Å². The van der Waals surface area contributed by atoms with Gasteiger partial charge in [-0.25, -0.2) is 5.43 Å². The van der Waals surface area contributed by atoms with E-state index >= 15 is 0 Å². The number of nitrogens with zero attached hydrogens (tertiary/aromatic N) is 3. The lowest BCUT2D eigenvalue weighted by atomic mass is 10.0. The molecule has 0 saturated heterocycles. The number of hydrogen-bond acceptors (Lipinski definition) is 4. The van der Waals surface area contributed by atoms with Crippen molar-refractivity contribution in [3.63, 3.8) is 0 Å². The summed E-state index contributed by atoms with van der Waals surface area (Å²) in [5, 5.41) is 4.21. The molecule has 0 amide bonds. The number of hydrogen-bond donors (Lipinski definition) is 1. The summed E-state index contributed by atoms with van der Waals surface area (Å²) in [5.74, 6) is 0.834. The predicted molar refractivity (Wildman–Crippen MR) is 100 cm³/mol. The van der Waals surface area contributed by atoms with Crippen LogP contribution in [-0.2, 0) is 13.1 Å². The molecule has 6 heteroatoms. The van der Waals surface area contributed by atoms with Gasteiger partial charge in [-0.3, -0.25) is 4.79 Å². The minimum Gasteiger partial charge on any atom is -0.467 e. The van der Waals surface area contributed by atoms with Gasteiger partial charge < -0.3 is 4.42 Å². The van der Waals surface area contributed by atoms with Crippen molar-refractivity contribution in [3.05, 3.63) is 97.0 Å². The molecule has 27 heavy (non-hydrogen) atoms. The Morgan fingerprint density at radius 2 is 1.78 bits per heavy atom. The molecule has 0 saturated carbocycles. The Labute approximate surface area is 156 Å². The second-order valence-electron chi connectivity index (χ2n) is 6.13. The van der Waals surface area contributed by atoms with Crippen molar-refractivity contribution in [2.45, 2.75) is 13.1 Å². The van der Waals surface area contributed by atoms with E-state index in [1.165, 1.54) is 0 Å². The van der Waals surface area contributed by atoms with Gasteiger partial charge in [0.1, 0.15) is 12.3 Å². The van der Waals surface area contributed by atoms with Gasteiger partial charge in [-0.15, -0.1) is 9.36 Å². The van der Waals surface area contributed by atoms with Crippen molar-refractivity contribution in [2.75, 3.05) is 5.43 Å². The third-order valence-electron chi connectivity index (χ3n) is 4.22. The lowest BCUT2D eigenvalue weighted by Crippen LogP contribution is -2.39. The average molecular weight is 359 g/mol. The van der Waals surface area contributed by atoms with Crippen LogP contribution in [0.3, 0.4) is 0 Å². The van der Waals surface area contributed by atoms with E-state index in [1.807, 2.05) is 54.6 Å².